The summed E-state index contributed by atoms with van der Waals surface area (Å²) in [5, 5.41) is 125. The van der Waals surface area contributed by atoms with Crippen LogP contribution in [-0.2, 0) is 0 Å². The minimum atomic E-state index is -1.02. The molecule has 0 fully saturated rings. The van der Waals surface area contributed by atoms with Crippen LogP contribution in [0.4, 0.5) is 0 Å². The second-order valence-electron chi connectivity index (χ2n) is 25.2. The van der Waals surface area contributed by atoms with Crippen molar-refractivity contribution < 1.29 is 98.8 Å². The van der Waals surface area contributed by atoms with Gasteiger partial charge in [0, 0.05) is 45.5 Å². The van der Waals surface area contributed by atoms with Crippen LogP contribution in [0.2, 0.25) is 0 Å². The number of fused-ring (bicyclic) bond motifs is 5. The van der Waals surface area contributed by atoms with Gasteiger partial charge in [-0.1, -0.05) is 48.1 Å². The topological polar surface area (TPSA) is 426 Å². The molecule has 1 atom stereocenters. The SMILES string of the molecule is CC(C)=CCC(O)C1=CC(=O)c2c(O)ccc(C)c2C1=O.Cc1cc(O)c2c(=O)c(O)c(-c3ccc(O)c(O)c3)oc2c1.Cc1cc(O)c2c(=O)cc(-c3ccc(O)c(O)c3)oc2c1.Cc1cc(O)c2c(=O)cc(-c3ccc(O)cc3)oc2c1.O=C1C=CC(=O)c2c(O)cccc21.[C-]#[N+]/C(C)=C\c1ccc(O)cc1. The normalized spacial score (nSPS) is 12.2. The van der Waals surface area contributed by atoms with E-state index in [1.807, 2.05) is 26.8 Å². The van der Waals surface area contributed by atoms with Gasteiger partial charge in [-0.3, -0.25) is 33.6 Å². The first-order valence-corrected chi connectivity index (χ1v) is 32.9. The molecule has 0 aliphatic heterocycles. The number of carbonyl (C=O) groups is 4. The summed E-state index contributed by atoms with van der Waals surface area (Å²) >= 11 is 0. The molecular formula is C85H69NO23. The number of aliphatic hydroxyl groups excluding tert-OH is 1. The summed E-state index contributed by atoms with van der Waals surface area (Å²) in [5.74, 6) is -3.35. The van der Waals surface area contributed by atoms with Crippen molar-refractivity contribution in [3.8, 4) is 103 Å². The first-order chi connectivity index (χ1) is 51.6. The molecule has 2 aliphatic rings. The maximum absolute atomic E-state index is 12.5. The molecular weight excluding hydrogens is 1400 g/mol. The highest BCUT2D eigenvalue weighted by Crippen LogP contribution is 2.39. The summed E-state index contributed by atoms with van der Waals surface area (Å²) in [7, 11) is 0. The predicted octanol–water partition coefficient (Wildman–Crippen LogP) is 15.4. The first-order valence-electron chi connectivity index (χ1n) is 32.9. The molecule has 24 nitrogen and oxygen atoms in total. The number of hydrogen-bond donors (Lipinski definition) is 13. The van der Waals surface area contributed by atoms with Gasteiger partial charge in [-0.2, -0.15) is 0 Å². The van der Waals surface area contributed by atoms with E-state index < -0.39 is 34.6 Å². The number of hydrogen-bond acceptors (Lipinski definition) is 23. The quantitative estimate of drug-likeness (QED) is 0.0400. The molecule has 3 aromatic heterocycles. The van der Waals surface area contributed by atoms with Crippen molar-refractivity contribution in [2.45, 2.75) is 61.0 Å². The second-order valence-corrected chi connectivity index (χ2v) is 25.2. The Morgan fingerprint density at radius 2 is 0.917 bits per heavy atom. The van der Waals surface area contributed by atoms with Crippen molar-refractivity contribution in [1.82, 2.24) is 0 Å². The molecule has 0 spiro atoms. The molecule has 0 radical (unpaired) electrons. The lowest BCUT2D eigenvalue weighted by Crippen LogP contribution is -2.25. The summed E-state index contributed by atoms with van der Waals surface area (Å²) in [6, 6.07) is 40.3. The van der Waals surface area contributed by atoms with E-state index >= 15 is 0 Å². The van der Waals surface area contributed by atoms with E-state index in [4.69, 9.17) is 24.9 Å². The number of carbonyl (C=O) groups excluding carboxylic acids is 4. The zero-order chi connectivity index (χ0) is 79.6. The van der Waals surface area contributed by atoms with Crippen molar-refractivity contribution in [3.63, 3.8) is 0 Å². The summed E-state index contributed by atoms with van der Waals surface area (Å²) in [6.45, 7) is 19.3. The molecule has 9 aromatic carbocycles. The third kappa shape index (κ3) is 18.3. The van der Waals surface area contributed by atoms with Crippen LogP contribution in [-0.4, -0.2) is 95.6 Å². The van der Waals surface area contributed by atoms with Gasteiger partial charge in [0.15, 0.2) is 68.4 Å². The molecule has 24 heteroatoms. The molecule has 2 aliphatic carbocycles. The van der Waals surface area contributed by atoms with E-state index in [1.54, 1.807) is 101 Å². The Labute approximate surface area is 619 Å². The molecule has 0 saturated heterocycles. The van der Waals surface area contributed by atoms with Crippen LogP contribution < -0.4 is 16.3 Å². The second kappa shape index (κ2) is 33.4. The zero-order valence-electron chi connectivity index (χ0n) is 59.1. The average Bonchev–Trinajstić information content (AvgIpc) is 0.880. The Hall–Kier alpha value is -14.7. The molecule has 552 valence electrons. The average molecular weight is 1470 g/mol. The van der Waals surface area contributed by atoms with Crippen molar-refractivity contribution >= 4 is 62.1 Å². The molecule has 1 unspecified atom stereocenters. The fourth-order valence-corrected chi connectivity index (χ4v) is 11.2. The van der Waals surface area contributed by atoms with Gasteiger partial charge >= 0.3 is 0 Å². The first kappa shape index (κ1) is 78.4. The highest BCUT2D eigenvalue weighted by Gasteiger charge is 2.33. The van der Waals surface area contributed by atoms with Gasteiger partial charge in [0.25, 0.3) is 0 Å². The lowest BCUT2D eigenvalue weighted by Gasteiger charge is -2.20. The molecule has 3 heterocycles. The standard InChI is InChI=1S/C17H18O4.C16H12O6.C16H12O5.C16H12O4.C10H9NO.C10H6O3/c1-9(2)4-6-12(18)11-8-14(20)16-13(19)7-5-10(3)15(16)17(11)21;1-7-4-11(19)13-12(5-7)22-16(15(21)14(13)20)8-2-3-9(17)10(18)6-8;1-8-4-12(19)16-13(20)7-14(21-15(16)5-8)9-2-3-10(17)11(18)6-9;1-9-6-12(18)16-13(19)8-14(20-15(16)7-9)10-2-4-11(17)5-3-10;1-8(11-2)7-9-3-5-10(12)6-4-9;11-7-4-5-9(13)10-6(7)2-1-3-8(10)12/h4-5,7-8,12,18-19H,6H2,1-3H3;2-6,17-19,21H,1H3;2-7,17-19H,1H3;2-8,17-18H,1H3;3-7,12H,1H3;1-5,12H/b;;;;8-7-;. The highest BCUT2D eigenvalue weighted by atomic mass is 16.4. The minimum absolute atomic E-state index is 0.0261. The van der Waals surface area contributed by atoms with Crippen molar-refractivity contribution in [2.24, 2.45) is 0 Å². The number of Topliss-reactive ketones (excluding diaryl/α,β-unsaturated/α-hetero) is 1. The van der Waals surface area contributed by atoms with Crippen LogP contribution in [0.15, 0.2) is 233 Å². The van der Waals surface area contributed by atoms with E-state index in [0.29, 0.717) is 39.3 Å². The number of nitrogens with zero attached hydrogens (tertiary/aromatic N) is 1. The van der Waals surface area contributed by atoms with E-state index in [9.17, 15) is 94.8 Å². The number of benzene rings is 9. The lowest BCUT2D eigenvalue weighted by molar-refractivity contribution is 0.0945. The van der Waals surface area contributed by atoms with Gasteiger partial charge < -0.3 is 79.6 Å². The van der Waals surface area contributed by atoms with E-state index in [1.165, 1.54) is 103 Å². The number of aliphatic hydroxyl groups is 1. The van der Waals surface area contributed by atoms with E-state index in [-0.39, 0.29) is 159 Å². The largest absolute Gasteiger partial charge is 0.508 e. The summed E-state index contributed by atoms with van der Waals surface area (Å²) in [6.07, 6.45) is 6.36. The van der Waals surface area contributed by atoms with Gasteiger partial charge in [-0.05, 0) is 222 Å². The number of rotatable bonds is 7. The lowest BCUT2D eigenvalue weighted by atomic mass is 9.83. The Balaban J connectivity index is 0.000000153. The van der Waals surface area contributed by atoms with Crippen molar-refractivity contribution in [3.05, 3.63) is 297 Å². The third-order valence-electron chi connectivity index (χ3n) is 16.6. The smallest absolute Gasteiger partial charge is 0.238 e. The van der Waals surface area contributed by atoms with Crippen LogP contribution in [0.5, 0.6) is 69.0 Å². The maximum atomic E-state index is 12.5. The number of aromatic hydroxyl groups is 12. The molecule has 0 saturated carbocycles. The third-order valence-corrected chi connectivity index (χ3v) is 16.6. The molecule has 109 heavy (non-hydrogen) atoms. The Kier molecular flexibility index (Phi) is 24.0. The van der Waals surface area contributed by atoms with Crippen LogP contribution in [0, 0.1) is 34.3 Å². The Morgan fingerprint density at radius 1 is 0.450 bits per heavy atom. The highest BCUT2D eigenvalue weighted by molar-refractivity contribution is 6.26. The fraction of sp³-hybridized carbons (Fsp3) is 0.106. The van der Waals surface area contributed by atoms with Gasteiger partial charge in [0.1, 0.15) is 84.7 Å². The van der Waals surface area contributed by atoms with Gasteiger partial charge in [-0.25, -0.2) is 4.85 Å². The molecule has 14 rings (SSSR count). The van der Waals surface area contributed by atoms with Crippen LogP contribution in [0.1, 0.15) is 96.4 Å². The monoisotopic (exact) mass is 1470 g/mol. The van der Waals surface area contributed by atoms with Crippen molar-refractivity contribution in [2.75, 3.05) is 0 Å². The Morgan fingerprint density at radius 3 is 1.44 bits per heavy atom. The number of allylic oxidation sites excluding steroid dienone is 5. The van der Waals surface area contributed by atoms with Gasteiger partial charge in [0.2, 0.25) is 11.2 Å². The number of aryl methyl sites for hydroxylation is 4. The van der Waals surface area contributed by atoms with Crippen LogP contribution in [0.3, 0.4) is 0 Å². The maximum Gasteiger partial charge on any atom is 0.238 e. The fourth-order valence-electron chi connectivity index (χ4n) is 11.2. The van der Waals surface area contributed by atoms with Crippen LogP contribution in [0.25, 0.3) is 77.8 Å². The summed E-state index contributed by atoms with van der Waals surface area (Å²) in [4.78, 5) is 86.8. The molecule has 12 aromatic rings. The van der Waals surface area contributed by atoms with E-state index in [2.05, 4.69) is 4.85 Å². The van der Waals surface area contributed by atoms with Gasteiger partial charge in [-0.15, -0.1) is 0 Å². The van der Waals surface area contributed by atoms with Crippen LogP contribution >= 0.6 is 0 Å². The number of phenols is 11. The molecule has 13 N–H and O–H groups in total. The summed E-state index contributed by atoms with van der Waals surface area (Å²) in [5.41, 5.74) is 6.75. The Bertz CT molecular complexity index is 6000. The predicted molar refractivity (Wildman–Crippen MR) is 407 cm³/mol. The van der Waals surface area contributed by atoms with Crippen molar-refractivity contribution in [1.29, 1.82) is 0 Å². The number of phenolic OH excluding ortho intramolecular Hbond substituents is 11. The number of ketones is 4. The zero-order valence-corrected chi connectivity index (χ0v) is 59.1. The summed E-state index contributed by atoms with van der Waals surface area (Å²) < 4.78 is 16.8. The molecule has 0 bridgehead atoms. The molecule has 0 amide bonds. The minimum Gasteiger partial charge on any atom is -0.508 e. The van der Waals surface area contributed by atoms with E-state index in [0.717, 1.165) is 34.4 Å². The van der Waals surface area contributed by atoms with Gasteiger partial charge in [0.05, 0.1) is 23.8 Å².